The van der Waals surface area contributed by atoms with Gasteiger partial charge in [0.15, 0.2) is 0 Å². The molecule has 0 amide bonds. The molecule has 104 valence electrons. The SMILES string of the molecule is CC(c1nccc(-c2ccncc2)n1)N1CCNCC1. The van der Waals surface area contributed by atoms with Crippen LogP contribution in [0.1, 0.15) is 18.8 Å². The number of piperazine rings is 1. The van der Waals surface area contributed by atoms with Gasteiger partial charge in [-0.15, -0.1) is 0 Å². The Morgan fingerprint density at radius 3 is 2.60 bits per heavy atom. The Hall–Kier alpha value is -1.85. The van der Waals surface area contributed by atoms with E-state index >= 15 is 0 Å². The Balaban J connectivity index is 1.83. The maximum atomic E-state index is 4.72. The van der Waals surface area contributed by atoms with Crippen LogP contribution in [0.4, 0.5) is 0 Å². The van der Waals surface area contributed by atoms with Gasteiger partial charge in [0.25, 0.3) is 0 Å². The fourth-order valence-corrected chi connectivity index (χ4v) is 2.49. The third-order valence-corrected chi connectivity index (χ3v) is 3.72. The van der Waals surface area contributed by atoms with E-state index in [-0.39, 0.29) is 6.04 Å². The number of hydrogen-bond donors (Lipinski definition) is 1. The van der Waals surface area contributed by atoms with E-state index in [4.69, 9.17) is 4.98 Å². The average molecular weight is 269 g/mol. The molecule has 1 aliphatic heterocycles. The first kappa shape index (κ1) is 13.1. The van der Waals surface area contributed by atoms with Gasteiger partial charge >= 0.3 is 0 Å². The summed E-state index contributed by atoms with van der Waals surface area (Å²) < 4.78 is 0. The summed E-state index contributed by atoms with van der Waals surface area (Å²) in [6, 6.07) is 6.14. The first-order chi connectivity index (χ1) is 9.84. The molecule has 5 heteroatoms. The van der Waals surface area contributed by atoms with E-state index in [1.54, 1.807) is 12.4 Å². The summed E-state index contributed by atoms with van der Waals surface area (Å²) in [5.74, 6) is 0.890. The molecule has 0 saturated carbocycles. The topological polar surface area (TPSA) is 53.9 Å². The lowest BCUT2D eigenvalue weighted by molar-refractivity contribution is 0.179. The van der Waals surface area contributed by atoms with Crippen LogP contribution >= 0.6 is 0 Å². The molecule has 1 saturated heterocycles. The molecule has 0 aliphatic carbocycles. The molecule has 2 aromatic rings. The van der Waals surface area contributed by atoms with Crippen LogP contribution in [0.2, 0.25) is 0 Å². The van der Waals surface area contributed by atoms with Gasteiger partial charge < -0.3 is 5.32 Å². The molecule has 0 bridgehead atoms. The molecule has 2 aromatic heterocycles. The summed E-state index contributed by atoms with van der Waals surface area (Å²) >= 11 is 0. The van der Waals surface area contributed by atoms with Crippen LogP contribution in [0.3, 0.4) is 0 Å². The number of pyridine rings is 1. The molecule has 3 rings (SSSR count). The predicted octanol–water partition coefficient (Wildman–Crippen LogP) is 1.50. The Labute approximate surface area is 119 Å². The van der Waals surface area contributed by atoms with Crippen molar-refractivity contribution in [2.45, 2.75) is 13.0 Å². The van der Waals surface area contributed by atoms with Gasteiger partial charge in [-0.2, -0.15) is 0 Å². The molecular formula is C15H19N5. The van der Waals surface area contributed by atoms with Crippen LogP contribution in [0, 0.1) is 0 Å². The predicted molar refractivity (Wildman–Crippen MR) is 78.1 cm³/mol. The molecule has 3 heterocycles. The summed E-state index contributed by atoms with van der Waals surface area (Å²) in [5.41, 5.74) is 2.04. The van der Waals surface area contributed by atoms with Crippen molar-refractivity contribution in [2.75, 3.05) is 26.2 Å². The van der Waals surface area contributed by atoms with Crippen molar-refractivity contribution < 1.29 is 0 Å². The third-order valence-electron chi connectivity index (χ3n) is 3.72. The smallest absolute Gasteiger partial charge is 0.145 e. The fraction of sp³-hybridized carbons (Fsp3) is 0.400. The van der Waals surface area contributed by atoms with Crippen molar-refractivity contribution in [3.05, 3.63) is 42.6 Å². The second-order valence-corrected chi connectivity index (χ2v) is 5.00. The van der Waals surface area contributed by atoms with Gasteiger partial charge in [-0.25, -0.2) is 9.97 Å². The van der Waals surface area contributed by atoms with Gasteiger partial charge in [0.1, 0.15) is 5.82 Å². The first-order valence-corrected chi connectivity index (χ1v) is 7.03. The number of nitrogens with one attached hydrogen (secondary N) is 1. The minimum atomic E-state index is 0.249. The van der Waals surface area contributed by atoms with Crippen molar-refractivity contribution in [1.82, 2.24) is 25.2 Å². The largest absolute Gasteiger partial charge is 0.314 e. The molecule has 1 atom stereocenters. The molecule has 0 aromatic carbocycles. The van der Waals surface area contributed by atoms with Crippen LogP contribution in [0.5, 0.6) is 0 Å². The minimum Gasteiger partial charge on any atom is -0.314 e. The molecule has 20 heavy (non-hydrogen) atoms. The molecule has 0 spiro atoms. The molecule has 1 unspecified atom stereocenters. The highest BCUT2D eigenvalue weighted by Gasteiger charge is 2.20. The monoisotopic (exact) mass is 269 g/mol. The highest BCUT2D eigenvalue weighted by atomic mass is 15.2. The molecule has 1 N–H and O–H groups in total. The summed E-state index contributed by atoms with van der Waals surface area (Å²) in [6.07, 6.45) is 5.42. The highest BCUT2D eigenvalue weighted by molar-refractivity contribution is 5.57. The maximum Gasteiger partial charge on any atom is 0.145 e. The van der Waals surface area contributed by atoms with Gasteiger partial charge in [0.2, 0.25) is 0 Å². The zero-order valence-corrected chi connectivity index (χ0v) is 11.7. The normalized spacial score (nSPS) is 17.9. The Morgan fingerprint density at radius 2 is 1.85 bits per heavy atom. The lowest BCUT2D eigenvalue weighted by atomic mass is 10.1. The van der Waals surface area contributed by atoms with E-state index in [1.165, 1.54) is 0 Å². The second kappa shape index (κ2) is 6.07. The average Bonchev–Trinajstić information content (AvgIpc) is 2.56. The van der Waals surface area contributed by atoms with E-state index in [0.29, 0.717) is 0 Å². The van der Waals surface area contributed by atoms with E-state index < -0.39 is 0 Å². The second-order valence-electron chi connectivity index (χ2n) is 5.00. The molecule has 0 radical (unpaired) electrons. The lowest BCUT2D eigenvalue weighted by Crippen LogP contribution is -2.44. The van der Waals surface area contributed by atoms with E-state index in [0.717, 1.165) is 43.3 Å². The Bertz CT molecular complexity index is 551. The van der Waals surface area contributed by atoms with E-state index in [1.807, 2.05) is 24.4 Å². The Kier molecular flexibility index (Phi) is 3.99. The van der Waals surface area contributed by atoms with Crippen molar-refractivity contribution in [3.63, 3.8) is 0 Å². The van der Waals surface area contributed by atoms with Gasteiger partial charge in [-0.3, -0.25) is 9.88 Å². The number of rotatable bonds is 3. The van der Waals surface area contributed by atoms with Crippen LogP contribution in [0.25, 0.3) is 11.3 Å². The first-order valence-electron chi connectivity index (χ1n) is 7.03. The van der Waals surface area contributed by atoms with E-state index in [2.05, 4.69) is 27.1 Å². The zero-order chi connectivity index (χ0) is 13.8. The van der Waals surface area contributed by atoms with Crippen LogP contribution in [-0.2, 0) is 0 Å². The van der Waals surface area contributed by atoms with Crippen LogP contribution in [-0.4, -0.2) is 46.0 Å². The van der Waals surface area contributed by atoms with E-state index in [9.17, 15) is 0 Å². The number of aromatic nitrogens is 3. The maximum absolute atomic E-state index is 4.72. The summed E-state index contributed by atoms with van der Waals surface area (Å²) in [4.78, 5) is 15.6. The van der Waals surface area contributed by atoms with Gasteiger partial charge in [-0.1, -0.05) is 0 Å². The quantitative estimate of drug-likeness (QED) is 0.915. The summed E-state index contributed by atoms with van der Waals surface area (Å²) in [7, 11) is 0. The molecular weight excluding hydrogens is 250 g/mol. The van der Waals surface area contributed by atoms with Gasteiger partial charge in [-0.05, 0) is 25.1 Å². The van der Waals surface area contributed by atoms with Crippen molar-refractivity contribution >= 4 is 0 Å². The Morgan fingerprint density at radius 1 is 1.10 bits per heavy atom. The third kappa shape index (κ3) is 2.84. The number of nitrogens with zero attached hydrogens (tertiary/aromatic N) is 4. The fourth-order valence-electron chi connectivity index (χ4n) is 2.49. The van der Waals surface area contributed by atoms with Crippen molar-refractivity contribution in [2.24, 2.45) is 0 Å². The van der Waals surface area contributed by atoms with Crippen LogP contribution in [0.15, 0.2) is 36.8 Å². The van der Waals surface area contributed by atoms with Gasteiger partial charge in [0.05, 0.1) is 11.7 Å². The highest BCUT2D eigenvalue weighted by Crippen LogP contribution is 2.20. The zero-order valence-electron chi connectivity index (χ0n) is 11.7. The standard InChI is InChI=1S/C15H19N5/c1-12(20-10-8-17-9-11-20)15-18-7-4-14(19-15)13-2-5-16-6-3-13/h2-7,12,17H,8-11H2,1H3. The summed E-state index contributed by atoms with van der Waals surface area (Å²) in [5, 5.41) is 3.37. The molecule has 5 nitrogen and oxygen atoms in total. The van der Waals surface area contributed by atoms with Crippen molar-refractivity contribution in [1.29, 1.82) is 0 Å². The molecule has 1 aliphatic rings. The lowest BCUT2D eigenvalue weighted by Gasteiger charge is -2.31. The van der Waals surface area contributed by atoms with Crippen LogP contribution < -0.4 is 5.32 Å². The number of hydrogen-bond acceptors (Lipinski definition) is 5. The minimum absolute atomic E-state index is 0.249. The van der Waals surface area contributed by atoms with Crippen molar-refractivity contribution in [3.8, 4) is 11.3 Å². The summed E-state index contributed by atoms with van der Waals surface area (Å²) in [6.45, 7) is 6.34. The molecule has 1 fully saturated rings. The van der Waals surface area contributed by atoms with Gasteiger partial charge in [0, 0.05) is 50.3 Å².